The summed E-state index contributed by atoms with van der Waals surface area (Å²) < 4.78 is 26.8. The highest BCUT2D eigenvalue weighted by Crippen LogP contribution is 2.17. The van der Waals surface area contributed by atoms with Crippen molar-refractivity contribution in [1.82, 2.24) is 14.5 Å². The zero-order valence-electron chi connectivity index (χ0n) is 15.4. The normalized spacial score (nSPS) is 17.4. The van der Waals surface area contributed by atoms with Gasteiger partial charge < -0.3 is 5.32 Å². The van der Waals surface area contributed by atoms with Crippen molar-refractivity contribution >= 4 is 15.9 Å². The van der Waals surface area contributed by atoms with Gasteiger partial charge in [-0.25, -0.2) is 8.42 Å². The number of piperazine rings is 1. The fraction of sp³-hybridized carbons (Fsp3) is 0.350. The highest BCUT2D eigenvalue weighted by molar-refractivity contribution is 7.89. The Labute approximate surface area is 160 Å². The summed E-state index contributed by atoms with van der Waals surface area (Å²) in [5.74, 6) is -0.0503. The highest BCUT2D eigenvalue weighted by Gasteiger charge is 2.29. The first-order chi connectivity index (χ1) is 13.0. The van der Waals surface area contributed by atoms with Gasteiger partial charge >= 0.3 is 0 Å². The Hall–Kier alpha value is -2.22. The molecular formula is C20H25N3O3S. The predicted molar refractivity (Wildman–Crippen MR) is 105 cm³/mol. The first kappa shape index (κ1) is 19.5. The number of carbonyl (C=O) groups is 1. The molecule has 0 unspecified atom stereocenters. The summed E-state index contributed by atoms with van der Waals surface area (Å²) >= 11 is 0. The molecule has 3 rings (SSSR count). The van der Waals surface area contributed by atoms with Crippen LogP contribution in [-0.2, 0) is 14.8 Å². The zero-order chi connectivity index (χ0) is 19.3. The molecule has 0 spiro atoms. The van der Waals surface area contributed by atoms with E-state index in [2.05, 4.69) is 5.32 Å². The van der Waals surface area contributed by atoms with Crippen molar-refractivity contribution in [3.05, 3.63) is 66.2 Å². The third kappa shape index (κ3) is 4.94. The maximum Gasteiger partial charge on any atom is 0.243 e. The summed E-state index contributed by atoms with van der Waals surface area (Å²) in [4.78, 5) is 14.6. The van der Waals surface area contributed by atoms with Crippen LogP contribution in [0, 0.1) is 0 Å². The molecule has 1 heterocycles. The van der Waals surface area contributed by atoms with E-state index in [4.69, 9.17) is 0 Å². The Bertz CT molecular complexity index is 849. The second-order valence-corrected chi connectivity index (χ2v) is 8.63. The molecule has 0 saturated carbocycles. The fourth-order valence-electron chi connectivity index (χ4n) is 3.18. The molecule has 1 aliphatic heterocycles. The Morgan fingerprint density at radius 3 is 2.11 bits per heavy atom. The summed E-state index contributed by atoms with van der Waals surface area (Å²) in [5, 5.41) is 3.00. The second kappa shape index (κ2) is 8.65. The Balaban J connectivity index is 1.50. The molecule has 2 aromatic rings. The van der Waals surface area contributed by atoms with E-state index in [1.54, 1.807) is 30.3 Å². The van der Waals surface area contributed by atoms with Gasteiger partial charge in [-0.15, -0.1) is 0 Å². The van der Waals surface area contributed by atoms with Gasteiger partial charge in [-0.1, -0.05) is 48.5 Å². The first-order valence-electron chi connectivity index (χ1n) is 9.08. The number of rotatable bonds is 6. The molecule has 2 aromatic carbocycles. The van der Waals surface area contributed by atoms with E-state index in [0.717, 1.165) is 5.56 Å². The lowest BCUT2D eigenvalue weighted by Gasteiger charge is -2.33. The van der Waals surface area contributed by atoms with Crippen molar-refractivity contribution < 1.29 is 13.2 Å². The van der Waals surface area contributed by atoms with Gasteiger partial charge in [0.05, 0.1) is 17.5 Å². The molecule has 6 nitrogen and oxygen atoms in total. The van der Waals surface area contributed by atoms with Gasteiger partial charge in [0.1, 0.15) is 0 Å². The van der Waals surface area contributed by atoms with Crippen LogP contribution >= 0.6 is 0 Å². The minimum Gasteiger partial charge on any atom is -0.348 e. The van der Waals surface area contributed by atoms with Crippen molar-refractivity contribution in [2.24, 2.45) is 0 Å². The standard InChI is InChI=1S/C20H25N3O3S/c1-17(18-8-4-2-5-9-18)21-20(24)16-22-12-14-23(15-13-22)27(25,26)19-10-6-3-7-11-19/h2-11,17H,12-16H2,1H3,(H,21,24)/t17-/m1/s1. The lowest BCUT2D eigenvalue weighted by Crippen LogP contribution is -2.51. The molecule has 1 N–H and O–H groups in total. The van der Waals surface area contributed by atoms with Crippen LogP contribution in [0.3, 0.4) is 0 Å². The molecule has 1 atom stereocenters. The fourth-order valence-corrected chi connectivity index (χ4v) is 4.63. The predicted octanol–water partition coefficient (Wildman–Crippen LogP) is 1.87. The number of nitrogens with one attached hydrogen (secondary N) is 1. The van der Waals surface area contributed by atoms with E-state index < -0.39 is 10.0 Å². The van der Waals surface area contributed by atoms with Crippen molar-refractivity contribution in [3.8, 4) is 0 Å². The second-order valence-electron chi connectivity index (χ2n) is 6.69. The summed E-state index contributed by atoms with van der Waals surface area (Å²) in [6.45, 7) is 4.09. The summed E-state index contributed by atoms with van der Waals surface area (Å²) in [5.41, 5.74) is 1.06. The maximum absolute atomic E-state index is 12.6. The van der Waals surface area contributed by atoms with Gasteiger partial charge in [-0.3, -0.25) is 9.69 Å². The summed E-state index contributed by atoms with van der Waals surface area (Å²) in [7, 11) is -3.46. The van der Waals surface area contributed by atoms with Crippen molar-refractivity contribution in [3.63, 3.8) is 0 Å². The minimum atomic E-state index is -3.46. The molecule has 0 aliphatic carbocycles. The van der Waals surface area contributed by atoms with Crippen LogP contribution in [0.1, 0.15) is 18.5 Å². The molecule has 144 valence electrons. The highest BCUT2D eigenvalue weighted by atomic mass is 32.2. The molecular weight excluding hydrogens is 362 g/mol. The van der Waals surface area contributed by atoms with Crippen molar-refractivity contribution in [2.75, 3.05) is 32.7 Å². The average Bonchev–Trinajstić information content (AvgIpc) is 2.69. The van der Waals surface area contributed by atoms with Gasteiger partial charge in [-0.05, 0) is 24.6 Å². The number of hydrogen-bond donors (Lipinski definition) is 1. The Morgan fingerprint density at radius 2 is 1.52 bits per heavy atom. The van der Waals surface area contributed by atoms with Crippen molar-refractivity contribution in [2.45, 2.75) is 17.9 Å². The van der Waals surface area contributed by atoms with Gasteiger partial charge in [0.15, 0.2) is 0 Å². The van der Waals surface area contributed by atoms with Gasteiger partial charge in [0.2, 0.25) is 15.9 Å². The maximum atomic E-state index is 12.6. The van der Waals surface area contributed by atoms with E-state index >= 15 is 0 Å². The molecule has 7 heteroatoms. The molecule has 1 amide bonds. The van der Waals surface area contributed by atoms with Crippen LogP contribution in [-0.4, -0.2) is 56.3 Å². The molecule has 0 aromatic heterocycles. The van der Waals surface area contributed by atoms with Crippen LogP contribution in [0.15, 0.2) is 65.6 Å². The van der Waals surface area contributed by atoms with Crippen molar-refractivity contribution in [1.29, 1.82) is 0 Å². The monoisotopic (exact) mass is 387 g/mol. The molecule has 1 fully saturated rings. The lowest BCUT2D eigenvalue weighted by molar-refractivity contribution is -0.123. The zero-order valence-corrected chi connectivity index (χ0v) is 16.2. The van der Waals surface area contributed by atoms with Crippen LogP contribution in [0.2, 0.25) is 0 Å². The molecule has 27 heavy (non-hydrogen) atoms. The SMILES string of the molecule is C[C@@H](NC(=O)CN1CCN(S(=O)(=O)c2ccccc2)CC1)c1ccccc1. The third-order valence-corrected chi connectivity index (χ3v) is 6.67. The molecule has 1 aliphatic rings. The molecule has 0 radical (unpaired) electrons. The van der Waals surface area contributed by atoms with Gasteiger partial charge in [0, 0.05) is 26.2 Å². The molecule has 1 saturated heterocycles. The summed E-state index contributed by atoms with van der Waals surface area (Å²) in [6.07, 6.45) is 0. The average molecular weight is 388 g/mol. The van der Waals surface area contributed by atoms with Crippen LogP contribution in [0.5, 0.6) is 0 Å². The quantitative estimate of drug-likeness (QED) is 0.822. The number of nitrogens with zero attached hydrogens (tertiary/aromatic N) is 2. The minimum absolute atomic E-state index is 0.0503. The number of carbonyl (C=O) groups excluding carboxylic acids is 1. The Morgan fingerprint density at radius 1 is 0.963 bits per heavy atom. The van der Waals surface area contributed by atoms with E-state index in [1.165, 1.54) is 4.31 Å². The lowest BCUT2D eigenvalue weighted by atomic mass is 10.1. The number of hydrogen-bond acceptors (Lipinski definition) is 4. The molecule has 0 bridgehead atoms. The van der Waals surface area contributed by atoms with E-state index in [1.807, 2.05) is 42.2 Å². The van der Waals surface area contributed by atoms with Crippen LogP contribution in [0.4, 0.5) is 0 Å². The van der Waals surface area contributed by atoms with Crippen LogP contribution < -0.4 is 5.32 Å². The Kier molecular flexibility index (Phi) is 6.26. The van der Waals surface area contributed by atoms with E-state index in [0.29, 0.717) is 31.1 Å². The van der Waals surface area contributed by atoms with E-state index in [-0.39, 0.29) is 18.5 Å². The van der Waals surface area contributed by atoms with Crippen LogP contribution in [0.25, 0.3) is 0 Å². The van der Waals surface area contributed by atoms with E-state index in [9.17, 15) is 13.2 Å². The van der Waals surface area contributed by atoms with Gasteiger partial charge in [-0.2, -0.15) is 4.31 Å². The number of amides is 1. The first-order valence-corrected chi connectivity index (χ1v) is 10.5. The topological polar surface area (TPSA) is 69.7 Å². The largest absolute Gasteiger partial charge is 0.348 e. The third-order valence-electron chi connectivity index (χ3n) is 4.76. The summed E-state index contributed by atoms with van der Waals surface area (Å²) in [6, 6.07) is 18.2. The number of sulfonamides is 1. The van der Waals surface area contributed by atoms with Gasteiger partial charge in [0.25, 0.3) is 0 Å². The number of benzene rings is 2. The smallest absolute Gasteiger partial charge is 0.243 e.